The van der Waals surface area contributed by atoms with Gasteiger partial charge in [-0.05, 0) is 43.3 Å². The highest BCUT2D eigenvalue weighted by Gasteiger charge is 2.42. The van der Waals surface area contributed by atoms with Crippen LogP contribution in [0.1, 0.15) is 6.92 Å². The second-order valence-corrected chi connectivity index (χ2v) is 6.93. The highest BCUT2D eigenvalue weighted by Crippen LogP contribution is 2.34. The van der Waals surface area contributed by atoms with Crippen molar-refractivity contribution >= 4 is 35.6 Å². The minimum Gasteiger partial charge on any atom is -0.378 e. The molecule has 3 heterocycles. The molecule has 0 spiro atoms. The van der Waals surface area contributed by atoms with E-state index in [0.29, 0.717) is 0 Å². The Bertz CT molecular complexity index is 765. The molecule has 4 rings (SSSR count). The van der Waals surface area contributed by atoms with Crippen LogP contribution in [0.2, 0.25) is 0 Å². The average Bonchev–Trinajstić information content (AvgIpc) is 2.92. The zero-order valence-corrected chi connectivity index (χ0v) is 15.5. The van der Waals surface area contributed by atoms with Gasteiger partial charge in [0.2, 0.25) is 0 Å². The molecule has 0 N–H and O–H groups in total. The normalized spacial score (nSPS) is 23.6. The predicted molar refractivity (Wildman–Crippen MR) is 106 cm³/mol. The highest BCUT2D eigenvalue weighted by atomic mass is 32.1. The molecule has 6 nitrogen and oxygen atoms in total. The summed E-state index contributed by atoms with van der Waals surface area (Å²) >= 11 is 4.73. The van der Waals surface area contributed by atoms with Gasteiger partial charge in [-0.1, -0.05) is 0 Å². The number of aromatic nitrogens is 1. The molecular formula is C19H22N4O2S. The molecule has 0 bridgehead atoms. The largest absolute Gasteiger partial charge is 0.378 e. The molecule has 2 aliphatic rings. The van der Waals surface area contributed by atoms with Gasteiger partial charge in [0.1, 0.15) is 6.04 Å². The molecule has 136 valence electrons. The molecule has 2 saturated heterocycles. The van der Waals surface area contributed by atoms with Gasteiger partial charge in [0.05, 0.1) is 25.1 Å². The topological polar surface area (TPSA) is 48.9 Å². The zero-order chi connectivity index (χ0) is 18.1. The molecule has 1 amide bonds. The highest BCUT2D eigenvalue weighted by molar-refractivity contribution is 7.81. The first-order valence-corrected chi connectivity index (χ1v) is 9.31. The number of anilines is 3. The number of carbonyl (C=O) groups is 1. The Balaban J connectivity index is 1.58. The monoisotopic (exact) mass is 370 g/mol. The Morgan fingerprint density at radius 3 is 2.42 bits per heavy atom. The summed E-state index contributed by atoms with van der Waals surface area (Å²) in [6.45, 7) is 5.25. The van der Waals surface area contributed by atoms with Crippen LogP contribution in [0.3, 0.4) is 0 Å². The zero-order valence-electron chi connectivity index (χ0n) is 14.7. The summed E-state index contributed by atoms with van der Waals surface area (Å²) < 4.78 is 5.41. The van der Waals surface area contributed by atoms with Crippen LogP contribution in [-0.4, -0.2) is 48.7 Å². The Kier molecular flexibility index (Phi) is 4.74. The smallest absolute Gasteiger partial charge is 0.251 e. The quantitative estimate of drug-likeness (QED) is 0.841. The first-order valence-electron chi connectivity index (χ1n) is 8.79. The molecule has 2 atom stereocenters. The fraction of sp³-hybridized carbons (Fsp3) is 0.368. The van der Waals surface area contributed by atoms with Crippen LogP contribution in [0.4, 0.5) is 17.1 Å². The molecule has 2 unspecified atom stereocenters. The molecule has 26 heavy (non-hydrogen) atoms. The first kappa shape index (κ1) is 17.2. The van der Waals surface area contributed by atoms with Crippen molar-refractivity contribution in [1.82, 2.24) is 4.98 Å². The summed E-state index contributed by atoms with van der Waals surface area (Å²) in [4.78, 5) is 23.0. The minimum atomic E-state index is -0.365. The molecule has 0 aliphatic carbocycles. The van der Waals surface area contributed by atoms with E-state index in [2.05, 4.69) is 34.1 Å². The van der Waals surface area contributed by atoms with E-state index < -0.39 is 0 Å². The van der Waals surface area contributed by atoms with E-state index in [1.807, 2.05) is 24.0 Å². The van der Waals surface area contributed by atoms with Gasteiger partial charge >= 0.3 is 0 Å². The number of ether oxygens (including phenoxy) is 1. The Morgan fingerprint density at radius 2 is 1.77 bits per heavy atom. The van der Waals surface area contributed by atoms with Crippen LogP contribution in [0.25, 0.3) is 0 Å². The minimum absolute atomic E-state index is 0.0234. The lowest BCUT2D eigenvalue weighted by molar-refractivity contribution is -0.117. The summed E-state index contributed by atoms with van der Waals surface area (Å²) in [6.07, 6.45) is 3.39. The standard InChI is InChI=1S/C19H22N4O2S/c1-14-18(24)23(17-3-2-8-20-13-17)19(26)22(14)16-6-4-15(5-7-16)21-9-11-25-12-10-21/h2-8,13-14,19,26H,9-12H2,1H3. The number of benzene rings is 1. The summed E-state index contributed by atoms with van der Waals surface area (Å²) in [5.41, 5.74) is 2.55. The van der Waals surface area contributed by atoms with Gasteiger partial charge < -0.3 is 14.5 Å². The van der Waals surface area contributed by atoms with Crippen molar-refractivity contribution in [3.63, 3.8) is 0 Å². The summed E-state index contributed by atoms with van der Waals surface area (Å²) in [7, 11) is 0. The van der Waals surface area contributed by atoms with Crippen LogP contribution in [0.15, 0.2) is 48.8 Å². The van der Waals surface area contributed by atoms with Crippen molar-refractivity contribution in [3.05, 3.63) is 48.8 Å². The molecular weight excluding hydrogens is 348 g/mol. The first-order chi connectivity index (χ1) is 12.7. The molecule has 2 aliphatic heterocycles. The van der Waals surface area contributed by atoms with Crippen molar-refractivity contribution in [2.45, 2.75) is 18.5 Å². The lowest BCUT2D eigenvalue weighted by atomic mass is 10.2. The van der Waals surface area contributed by atoms with Gasteiger partial charge in [-0.3, -0.25) is 14.7 Å². The van der Waals surface area contributed by atoms with Gasteiger partial charge in [-0.25, -0.2) is 0 Å². The number of nitrogens with zero attached hydrogens (tertiary/aromatic N) is 4. The molecule has 2 fully saturated rings. The number of morpholine rings is 1. The van der Waals surface area contributed by atoms with Crippen molar-refractivity contribution in [3.8, 4) is 0 Å². The SMILES string of the molecule is CC1C(=O)N(c2cccnc2)C(S)N1c1ccc(N2CCOCC2)cc1. The maximum atomic E-state index is 12.8. The Morgan fingerprint density at radius 1 is 1.08 bits per heavy atom. The Hall–Kier alpha value is -2.25. The van der Waals surface area contributed by atoms with Crippen molar-refractivity contribution < 1.29 is 9.53 Å². The van der Waals surface area contributed by atoms with Gasteiger partial charge in [0.15, 0.2) is 5.50 Å². The lowest BCUT2D eigenvalue weighted by Gasteiger charge is -2.31. The van der Waals surface area contributed by atoms with Crippen molar-refractivity contribution in [1.29, 1.82) is 0 Å². The molecule has 2 aromatic rings. The third-order valence-electron chi connectivity index (χ3n) is 4.94. The second kappa shape index (κ2) is 7.17. The molecule has 0 saturated carbocycles. The fourth-order valence-electron chi connectivity index (χ4n) is 3.53. The lowest BCUT2D eigenvalue weighted by Crippen LogP contribution is -2.37. The van der Waals surface area contributed by atoms with Crippen LogP contribution < -0.4 is 14.7 Å². The Labute approximate surface area is 158 Å². The third-order valence-corrected chi connectivity index (χ3v) is 5.42. The number of thiol groups is 1. The van der Waals surface area contributed by atoms with E-state index in [4.69, 9.17) is 17.4 Å². The van der Waals surface area contributed by atoms with Gasteiger partial charge in [-0.2, -0.15) is 0 Å². The van der Waals surface area contributed by atoms with Gasteiger partial charge in [0, 0.05) is 30.7 Å². The van der Waals surface area contributed by atoms with Crippen LogP contribution in [0, 0.1) is 0 Å². The number of hydrogen-bond donors (Lipinski definition) is 1. The van der Waals surface area contributed by atoms with E-state index in [9.17, 15) is 4.79 Å². The van der Waals surface area contributed by atoms with Crippen LogP contribution in [-0.2, 0) is 9.53 Å². The number of carbonyl (C=O) groups excluding carboxylic acids is 1. The van der Waals surface area contributed by atoms with E-state index in [0.717, 1.165) is 37.7 Å². The molecule has 7 heteroatoms. The number of hydrogen-bond acceptors (Lipinski definition) is 6. The number of pyridine rings is 1. The maximum Gasteiger partial charge on any atom is 0.251 e. The molecule has 0 radical (unpaired) electrons. The molecule has 1 aromatic heterocycles. The van der Waals surface area contributed by atoms with E-state index >= 15 is 0 Å². The van der Waals surface area contributed by atoms with Crippen molar-refractivity contribution in [2.75, 3.05) is 41.0 Å². The maximum absolute atomic E-state index is 12.8. The number of amides is 1. The van der Waals surface area contributed by atoms with Crippen LogP contribution in [0.5, 0.6) is 0 Å². The second-order valence-electron chi connectivity index (χ2n) is 6.46. The number of rotatable bonds is 3. The summed E-state index contributed by atoms with van der Waals surface area (Å²) in [6, 6.07) is 11.7. The van der Waals surface area contributed by atoms with Gasteiger partial charge in [-0.15, -0.1) is 12.6 Å². The van der Waals surface area contributed by atoms with E-state index in [1.54, 1.807) is 17.3 Å². The van der Waals surface area contributed by atoms with Gasteiger partial charge in [0.25, 0.3) is 5.91 Å². The summed E-state index contributed by atoms with van der Waals surface area (Å²) in [5.74, 6) is 0.0234. The third kappa shape index (κ3) is 3.01. The molecule has 1 aromatic carbocycles. The fourth-order valence-corrected chi connectivity index (χ4v) is 4.11. The van der Waals surface area contributed by atoms with Crippen molar-refractivity contribution in [2.24, 2.45) is 0 Å². The van der Waals surface area contributed by atoms with Crippen LogP contribution >= 0.6 is 12.6 Å². The summed E-state index contributed by atoms with van der Waals surface area (Å²) in [5, 5.41) is 0. The van der Waals surface area contributed by atoms with E-state index in [-0.39, 0.29) is 17.4 Å². The van der Waals surface area contributed by atoms with E-state index in [1.165, 1.54) is 5.69 Å². The predicted octanol–water partition coefficient (Wildman–Crippen LogP) is 2.37. The average molecular weight is 370 g/mol.